The Morgan fingerprint density at radius 1 is 1.50 bits per heavy atom. The molecule has 0 aliphatic carbocycles. The summed E-state index contributed by atoms with van der Waals surface area (Å²) in [5.41, 5.74) is 5.20. The molecule has 1 atom stereocenters. The first-order valence-corrected chi connectivity index (χ1v) is 7.72. The number of hydrogen-bond acceptors (Lipinski definition) is 5. The van der Waals surface area contributed by atoms with E-state index in [1.54, 1.807) is 25.1 Å². The third-order valence-corrected chi connectivity index (χ3v) is 4.03. The van der Waals surface area contributed by atoms with Crippen LogP contribution in [0.3, 0.4) is 0 Å². The molecule has 0 aliphatic rings. The number of carbonyl (C=O) groups excluding carboxylic acids is 2. The van der Waals surface area contributed by atoms with Crippen molar-refractivity contribution in [3.8, 4) is 6.07 Å². The van der Waals surface area contributed by atoms with Gasteiger partial charge in [-0.15, -0.1) is 0 Å². The zero-order chi connectivity index (χ0) is 16.9. The quantitative estimate of drug-likeness (QED) is 0.435. The van der Waals surface area contributed by atoms with E-state index in [0.29, 0.717) is 0 Å². The van der Waals surface area contributed by atoms with E-state index in [1.807, 2.05) is 36.4 Å². The Hall–Kier alpha value is -1.82. The van der Waals surface area contributed by atoms with Gasteiger partial charge in [-0.05, 0) is 53.6 Å². The van der Waals surface area contributed by atoms with Crippen LogP contribution in [0.5, 0.6) is 0 Å². The van der Waals surface area contributed by atoms with E-state index in [2.05, 4.69) is 11.4 Å². The van der Waals surface area contributed by atoms with Crippen molar-refractivity contribution in [1.29, 1.82) is 5.26 Å². The highest BCUT2D eigenvalue weighted by atomic mass is 127. The summed E-state index contributed by atoms with van der Waals surface area (Å²) in [5.74, 6) is -1.28. The molecule has 0 fully saturated rings. The minimum absolute atomic E-state index is 0.0801. The number of nitrogen functional groups attached to an aromatic ring is 1. The fourth-order valence-corrected chi connectivity index (χ4v) is 2.03. The van der Waals surface area contributed by atoms with Crippen molar-refractivity contribution in [3.63, 3.8) is 0 Å². The van der Waals surface area contributed by atoms with Crippen LogP contribution in [-0.4, -0.2) is 24.0 Å². The Balaban J connectivity index is 2.67. The monoisotopic (exact) mass is 415 g/mol. The Kier molecular flexibility index (Phi) is 6.17. The summed E-state index contributed by atoms with van der Waals surface area (Å²) in [6.45, 7) is 4.80. The van der Waals surface area contributed by atoms with Gasteiger partial charge in [-0.1, -0.05) is 13.8 Å². The summed E-state index contributed by atoms with van der Waals surface area (Å²) in [7, 11) is 0. The zero-order valence-corrected chi connectivity index (χ0v) is 14.8. The second-order valence-corrected chi connectivity index (χ2v) is 6.57. The Labute approximate surface area is 143 Å². The predicted octanol–water partition coefficient (Wildman–Crippen LogP) is 2.08. The molecule has 0 saturated heterocycles. The van der Waals surface area contributed by atoms with Gasteiger partial charge in [-0.25, -0.2) is 4.79 Å². The second kappa shape index (κ2) is 7.45. The lowest BCUT2D eigenvalue weighted by Gasteiger charge is -2.27. The SMILES string of the molecule is CC(C)[C@@](C)(C#N)NC(=O)COC(=O)c1cc(I)ccc1N. The minimum Gasteiger partial charge on any atom is -0.452 e. The lowest BCUT2D eigenvalue weighted by Crippen LogP contribution is -2.50. The number of anilines is 1. The molecule has 0 unspecified atom stereocenters. The summed E-state index contributed by atoms with van der Waals surface area (Å²) in [6.07, 6.45) is 0. The average molecular weight is 415 g/mol. The molecule has 22 heavy (non-hydrogen) atoms. The first kappa shape index (κ1) is 18.2. The highest BCUT2D eigenvalue weighted by Crippen LogP contribution is 2.17. The van der Waals surface area contributed by atoms with E-state index in [9.17, 15) is 9.59 Å². The molecular weight excluding hydrogens is 397 g/mol. The molecule has 1 aromatic rings. The highest BCUT2D eigenvalue weighted by Gasteiger charge is 2.30. The number of carbonyl (C=O) groups is 2. The van der Waals surface area contributed by atoms with Crippen LogP contribution in [0.15, 0.2) is 18.2 Å². The Bertz CT molecular complexity index is 625. The molecule has 0 heterocycles. The van der Waals surface area contributed by atoms with Crippen molar-refractivity contribution in [2.24, 2.45) is 5.92 Å². The van der Waals surface area contributed by atoms with Crippen LogP contribution in [-0.2, 0) is 9.53 Å². The normalized spacial score (nSPS) is 13.1. The lowest BCUT2D eigenvalue weighted by atomic mass is 9.90. The van der Waals surface area contributed by atoms with Gasteiger partial charge in [-0.2, -0.15) is 5.26 Å². The van der Waals surface area contributed by atoms with Gasteiger partial charge in [0.1, 0.15) is 5.54 Å². The molecule has 0 radical (unpaired) electrons. The van der Waals surface area contributed by atoms with Crippen molar-refractivity contribution in [1.82, 2.24) is 5.32 Å². The molecule has 1 rings (SSSR count). The van der Waals surface area contributed by atoms with Gasteiger partial charge in [0.2, 0.25) is 0 Å². The van der Waals surface area contributed by atoms with Gasteiger partial charge in [-0.3, -0.25) is 4.79 Å². The summed E-state index contributed by atoms with van der Waals surface area (Å²) in [4.78, 5) is 23.8. The fourth-order valence-electron chi connectivity index (χ4n) is 1.54. The molecule has 7 heteroatoms. The number of ether oxygens (including phenoxy) is 1. The van der Waals surface area contributed by atoms with E-state index < -0.39 is 24.0 Å². The number of benzene rings is 1. The molecule has 0 saturated carbocycles. The third-order valence-electron chi connectivity index (χ3n) is 3.36. The summed E-state index contributed by atoms with van der Waals surface area (Å²) in [6, 6.07) is 7.00. The van der Waals surface area contributed by atoms with Crippen molar-refractivity contribution >= 4 is 40.2 Å². The number of amides is 1. The number of hydrogen-bond donors (Lipinski definition) is 2. The standard InChI is InChI=1S/C15H18IN3O3/c1-9(2)15(3,8-17)19-13(20)7-22-14(21)11-6-10(16)4-5-12(11)18/h4-6,9H,7,18H2,1-3H3,(H,19,20)/t15-/m1/s1. The molecule has 1 aromatic carbocycles. The average Bonchev–Trinajstić information content (AvgIpc) is 2.46. The van der Waals surface area contributed by atoms with E-state index in [0.717, 1.165) is 3.57 Å². The van der Waals surface area contributed by atoms with Gasteiger partial charge in [0.05, 0.1) is 11.6 Å². The number of nitrogens with zero attached hydrogens (tertiary/aromatic N) is 1. The van der Waals surface area contributed by atoms with Crippen LogP contribution >= 0.6 is 22.6 Å². The maximum Gasteiger partial charge on any atom is 0.340 e. The second-order valence-electron chi connectivity index (χ2n) is 5.32. The topological polar surface area (TPSA) is 105 Å². The maximum absolute atomic E-state index is 11.9. The molecule has 0 aromatic heterocycles. The largest absolute Gasteiger partial charge is 0.452 e. The number of nitrogens with two attached hydrogens (primary N) is 1. The van der Waals surface area contributed by atoms with Gasteiger partial charge in [0.25, 0.3) is 5.91 Å². The minimum atomic E-state index is -1.01. The third kappa shape index (κ3) is 4.59. The van der Waals surface area contributed by atoms with Crippen LogP contribution in [0.1, 0.15) is 31.1 Å². The summed E-state index contributed by atoms with van der Waals surface area (Å²) in [5, 5.41) is 11.7. The first-order valence-electron chi connectivity index (χ1n) is 6.64. The van der Waals surface area contributed by atoms with Crippen molar-refractivity contribution in [3.05, 3.63) is 27.3 Å². The van der Waals surface area contributed by atoms with Crippen molar-refractivity contribution < 1.29 is 14.3 Å². The Morgan fingerprint density at radius 2 is 2.14 bits per heavy atom. The van der Waals surface area contributed by atoms with Crippen molar-refractivity contribution in [2.45, 2.75) is 26.3 Å². The van der Waals surface area contributed by atoms with Crippen molar-refractivity contribution in [2.75, 3.05) is 12.3 Å². The molecule has 0 bridgehead atoms. The van der Waals surface area contributed by atoms with Crippen LogP contribution in [0.25, 0.3) is 0 Å². The van der Waals surface area contributed by atoms with Gasteiger partial charge < -0.3 is 15.8 Å². The summed E-state index contributed by atoms with van der Waals surface area (Å²) < 4.78 is 5.79. The van der Waals surface area contributed by atoms with Gasteiger partial charge in [0.15, 0.2) is 6.61 Å². The smallest absolute Gasteiger partial charge is 0.340 e. The maximum atomic E-state index is 11.9. The number of halogens is 1. The molecule has 118 valence electrons. The van der Waals surface area contributed by atoms with Crippen LogP contribution in [0, 0.1) is 20.8 Å². The Morgan fingerprint density at radius 3 is 2.68 bits per heavy atom. The number of nitrogens with one attached hydrogen (secondary N) is 1. The van der Waals surface area contributed by atoms with Crippen LogP contribution in [0.2, 0.25) is 0 Å². The molecular formula is C15H18IN3O3. The van der Waals surface area contributed by atoms with E-state index in [1.165, 1.54) is 0 Å². The molecule has 6 nitrogen and oxygen atoms in total. The van der Waals surface area contributed by atoms with Crippen LogP contribution in [0.4, 0.5) is 5.69 Å². The number of rotatable bonds is 5. The fraction of sp³-hybridized carbons (Fsp3) is 0.400. The van der Waals surface area contributed by atoms with E-state index >= 15 is 0 Å². The summed E-state index contributed by atoms with van der Waals surface area (Å²) >= 11 is 2.05. The molecule has 0 aliphatic heterocycles. The lowest BCUT2D eigenvalue weighted by molar-refractivity contribution is -0.125. The first-order chi connectivity index (χ1) is 10.2. The molecule has 0 spiro atoms. The van der Waals surface area contributed by atoms with Gasteiger partial charge >= 0.3 is 5.97 Å². The highest BCUT2D eigenvalue weighted by molar-refractivity contribution is 14.1. The van der Waals surface area contributed by atoms with Crippen LogP contribution < -0.4 is 11.1 Å². The number of nitriles is 1. The molecule has 3 N–H and O–H groups in total. The zero-order valence-electron chi connectivity index (χ0n) is 12.6. The van der Waals surface area contributed by atoms with E-state index in [4.69, 9.17) is 15.7 Å². The van der Waals surface area contributed by atoms with E-state index in [-0.39, 0.29) is 17.2 Å². The molecule has 1 amide bonds. The van der Waals surface area contributed by atoms with Gasteiger partial charge in [0, 0.05) is 9.26 Å². The number of esters is 1. The predicted molar refractivity (Wildman–Crippen MR) is 90.9 cm³/mol.